The van der Waals surface area contributed by atoms with Gasteiger partial charge < -0.3 is 5.11 Å². The minimum Gasteiger partial charge on any atom is -0.507 e. The molecule has 0 aromatic heterocycles. The molecular formula is C10H5ClN2O. The molecular weight excluding hydrogens is 200 g/mol. The first-order valence-electron chi connectivity index (χ1n) is 3.68. The van der Waals surface area contributed by atoms with Gasteiger partial charge in [0.15, 0.2) is 0 Å². The summed E-state index contributed by atoms with van der Waals surface area (Å²) >= 11 is 5.68. The number of benzene rings is 1. The van der Waals surface area contributed by atoms with Gasteiger partial charge in [-0.2, -0.15) is 10.5 Å². The van der Waals surface area contributed by atoms with Crippen LogP contribution in [-0.4, -0.2) is 5.11 Å². The van der Waals surface area contributed by atoms with Crippen molar-refractivity contribution in [2.75, 3.05) is 0 Å². The summed E-state index contributed by atoms with van der Waals surface area (Å²) in [5.74, 6) is -0.0163. The van der Waals surface area contributed by atoms with Crippen LogP contribution in [0.1, 0.15) is 5.56 Å². The molecule has 0 unspecified atom stereocenters. The Balaban J connectivity index is 3.22. The zero-order valence-electron chi connectivity index (χ0n) is 7.03. The van der Waals surface area contributed by atoms with E-state index in [1.54, 1.807) is 12.1 Å². The summed E-state index contributed by atoms with van der Waals surface area (Å²) in [5.41, 5.74) is 0.276. The highest BCUT2D eigenvalue weighted by Gasteiger charge is 2.01. The van der Waals surface area contributed by atoms with Crippen LogP contribution in [0.5, 0.6) is 5.75 Å². The number of phenols is 1. The van der Waals surface area contributed by atoms with Gasteiger partial charge in [0.2, 0.25) is 0 Å². The van der Waals surface area contributed by atoms with Crippen molar-refractivity contribution in [3.63, 3.8) is 0 Å². The third kappa shape index (κ3) is 2.26. The molecule has 3 nitrogen and oxygen atoms in total. The first kappa shape index (κ1) is 10.1. The fraction of sp³-hybridized carbons (Fsp3) is 0. The van der Waals surface area contributed by atoms with Gasteiger partial charge in [0.05, 0.1) is 0 Å². The molecule has 0 fully saturated rings. The van der Waals surface area contributed by atoms with Crippen LogP contribution in [-0.2, 0) is 0 Å². The van der Waals surface area contributed by atoms with Crippen LogP contribution < -0.4 is 0 Å². The van der Waals surface area contributed by atoms with Gasteiger partial charge in [0, 0.05) is 10.6 Å². The molecule has 0 saturated heterocycles. The summed E-state index contributed by atoms with van der Waals surface area (Å²) in [7, 11) is 0. The molecule has 1 aromatic rings. The maximum atomic E-state index is 9.35. The Morgan fingerprint density at radius 2 is 2.00 bits per heavy atom. The van der Waals surface area contributed by atoms with Crippen molar-refractivity contribution >= 4 is 17.7 Å². The van der Waals surface area contributed by atoms with Gasteiger partial charge in [-0.15, -0.1) is 0 Å². The summed E-state index contributed by atoms with van der Waals surface area (Å²) in [6.07, 6.45) is 1.28. The second-order valence-electron chi connectivity index (χ2n) is 2.48. The Kier molecular flexibility index (Phi) is 3.12. The summed E-state index contributed by atoms with van der Waals surface area (Å²) in [5, 5.41) is 26.8. The third-order valence-electron chi connectivity index (χ3n) is 1.53. The average molecular weight is 205 g/mol. The summed E-state index contributed by atoms with van der Waals surface area (Å²) in [6, 6.07) is 7.79. The molecule has 1 N–H and O–H groups in total. The van der Waals surface area contributed by atoms with E-state index in [9.17, 15) is 5.11 Å². The molecule has 0 aliphatic heterocycles. The second-order valence-corrected chi connectivity index (χ2v) is 2.92. The molecule has 14 heavy (non-hydrogen) atoms. The SMILES string of the molecule is N#CC(C#N)=Cc1cc(Cl)ccc1O. The van der Waals surface area contributed by atoms with E-state index in [0.717, 1.165) is 0 Å². The van der Waals surface area contributed by atoms with E-state index in [0.29, 0.717) is 10.6 Å². The van der Waals surface area contributed by atoms with E-state index in [4.69, 9.17) is 22.1 Å². The zero-order chi connectivity index (χ0) is 10.6. The minimum atomic E-state index is -0.0810. The Morgan fingerprint density at radius 1 is 1.36 bits per heavy atom. The predicted molar refractivity (Wildman–Crippen MR) is 52.3 cm³/mol. The van der Waals surface area contributed by atoms with E-state index < -0.39 is 0 Å². The number of nitriles is 2. The highest BCUT2D eigenvalue weighted by atomic mass is 35.5. The Hall–Kier alpha value is -1.97. The monoisotopic (exact) mass is 204 g/mol. The molecule has 0 amide bonds. The average Bonchev–Trinajstić information content (AvgIpc) is 2.19. The number of nitrogens with zero attached hydrogens (tertiary/aromatic N) is 2. The van der Waals surface area contributed by atoms with Crippen LogP contribution in [0.3, 0.4) is 0 Å². The molecule has 0 heterocycles. The molecule has 0 atom stereocenters. The standard InChI is InChI=1S/C10H5ClN2O/c11-9-1-2-10(14)8(4-9)3-7(5-12)6-13/h1-4,14H. The highest BCUT2D eigenvalue weighted by Crippen LogP contribution is 2.23. The number of aromatic hydroxyl groups is 1. The smallest absolute Gasteiger partial charge is 0.130 e. The lowest BCUT2D eigenvalue weighted by Gasteiger charge is -1.98. The van der Waals surface area contributed by atoms with E-state index in [1.807, 2.05) is 0 Å². The highest BCUT2D eigenvalue weighted by molar-refractivity contribution is 6.30. The molecule has 1 aromatic carbocycles. The van der Waals surface area contributed by atoms with Crippen LogP contribution in [0.2, 0.25) is 5.02 Å². The topological polar surface area (TPSA) is 67.8 Å². The zero-order valence-corrected chi connectivity index (χ0v) is 7.78. The number of phenolic OH excluding ortho intramolecular Hbond substituents is 1. The van der Waals surface area contributed by atoms with E-state index in [2.05, 4.69) is 0 Å². The molecule has 0 aliphatic carbocycles. The largest absolute Gasteiger partial charge is 0.507 e. The molecule has 0 radical (unpaired) electrons. The maximum absolute atomic E-state index is 9.35. The fourth-order valence-electron chi connectivity index (χ4n) is 0.886. The summed E-state index contributed by atoms with van der Waals surface area (Å²) in [4.78, 5) is 0. The number of halogens is 1. The van der Waals surface area contributed by atoms with Gasteiger partial charge in [0.25, 0.3) is 0 Å². The lowest BCUT2D eigenvalue weighted by atomic mass is 10.1. The van der Waals surface area contributed by atoms with Gasteiger partial charge >= 0.3 is 0 Å². The van der Waals surface area contributed by atoms with Crippen LogP contribution >= 0.6 is 11.6 Å². The van der Waals surface area contributed by atoms with E-state index in [1.165, 1.54) is 24.3 Å². The summed E-state index contributed by atoms with van der Waals surface area (Å²) < 4.78 is 0. The number of allylic oxidation sites excluding steroid dienone is 1. The Bertz CT molecular complexity index is 450. The normalized spacial score (nSPS) is 8.50. The van der Waals surface area contributed by atoms with Crippen molar-refractivity contribution in [1.29, 1.82) is 10.5 Å². The van der Waals surface area contributed by atoms with Crippen molar-refractivity contribution in [1.82, 2.24) is 0 Å². The maximum Gasteiger partial charge on any atom is 0.130 e. The number of rotatable bonds is 1. The predicted octanol–water partition coefficient (Wildman–Crippen LogP) is 2.48. The van der Waals surface area contributed by atoms with Crippen molar-refractivity contribution in [3.05, 3.63) is 34.4 Å². The molecule has 0 saturated carbocycles. The quantitative estimate of drug-likeness (QED) is 0.715. The molecule has 0 bridgehead atoms. The van der Waals surface area contributed by atoms with E-state index in [-0.39, 0.29) is 11.3 Å². The van der Waals surface area contributed by atoms with Crippen molar-refractivity contribution in [2.45, 2.75) is 0 Å². The Labute approximate surface area is 86.1 Å². The van der Waals surface area contributed by atoms with Crippen molar-refractivity contribution < 1.29 is 5.11 Å². The lowest BCUT2D eigenvalue weighted by molar-refractivity contribution is 0.474. The first-order valence-corrected chi connectivity index (χ1v) is 4.05. The summed E-state index contributed by atoms with van der Waals surface area (Å²) in [6.45, 7) is 0. The minimum absolute atomic E-state index is 0.0163. The van der Waals surface area contributed by atoms with E-state index >= 15 is 0 Å². The molecule has 68 valence electrons. The fourth-order valence-corrected chi connectivity index (χ4v) is 1.07. The molecule has 0 aliphatic rings. The van der Waals surface area contributed by atoms with Gasteiger partial charge in [-0.05, 0) is 24.3 Å². The van der Waals surface area contributed by atoms with Gasteiger partial charge in [-0.25, -0.2) is 0 Å². The third-order valence-corrected chi connectivity index (χ3v) is 1.77. The molecule has 0 spiro atoms. The lowest BCUT2D eigenvalue weighted by Crippen LogP contribution is -1.78. The van der Waals surface area contributed by atoms with Crippen molar-refractivity contribution in [2.24, 2.45) is 0 Å². The van der Waals surface area contributed by atoms with Crippen LogP contribution in [0.4, 0.5) is 0 Å². The second kappa shape index (κ2) is 4.32. The van der Waals surface area contributed by atoms with Crippen LogP contribution in [0.15, 0.2) is 23.8 Å². The molecule has 1 rings (SSSR count). The first-order chi connectivity index (χ1) is 6.67. The Morgan fingerprint density at radius 3 is 2.57 bits per heavy atom. The number of hydrogen-bond donors (Lipinski definition) is 1. The van der Waals surface area contributed by atoms with Crippen molar-refractivity contribution in [3.8, 4) is 17.9 Å². The van der Waals surface area contributed by atoms with Crippen LogP contribution in [0, 0.1) is 22.7 Å². The van der Waals surface area contributed by atoms with Gasteiger partial charge in [-0.1, -0.05) is 11.6 Å². The number of hydrogen-bond acceptors (Lipinski definition) is 3. The molecule has 4 heteroatoms. The van der Waals surface area contributed by atoms with Gasteiger partial charge in [-0.3, -0.25) is 0 Å². The van der Waals surface area contributed by atoms with Gasteiger partial charge in [0.1, 0.15) is 23.5 Å². The van der Waals surface area contributed by atoms with Crippen LogP contribution in [0.25, 0.3) is 6.08 Å².